The molecule has 1 saturated heterocycles. The average Bonchev–Trinajstić information content (AvgIpc) is 3.24. The van der Waals surface area contributed by atoms with Gasteiger partial charge < -0.3 is 14.8 Å². The van der Waals surface area contributed by atoms with Gasteiger partial charge in [-0.1, -0.05) is 47.4 Å². The number of fused-ring (bicyclic) bond motifs is 2. The van der Waals surface area contributed by atoms with Crippen molar-refractivity contribution in [3.05, 3.63) is 68.6 Å². The van der Waals surface area contributed by atoms with Gasteiger partial charge >= 0.3 is 4.87 Å². The number of nitrogens with one attached hydrogen (secondary N) is 1. The third-order valence-electron chi connectivity index (χ3n) is 5.40. The predicted octanol–water partition coefficient (Wildman–Crippen LogP) is 2.95. The van der Waals surface area contributed by atoms with E-state index in [4.69, 9.17) is 4.74 Å². The van der Waals surface area contributed by atoms with E-state index in [-0.39, 0.29) is 28.2 Å². The summed E-state index contributed by atoms with van der Waals surface area (Å²) >= 11 is 2.28. The summed E-state index contributed by atoms with van der Waals surface area (Å²) in [5.74, 6) is -1.53. The quantitative estimate of drug-likeness (QED) is 0.608. The molecule has 5 rings (SSSR count). The number of hydrogen-bond acceptors (Lipinski definition) is 7. The molecule has 2 aliphatic heterocycles. The molecule has 30 heavy (non-hydrogen) atoms. The molecule has 2 N–H and O–H groups in total. The number of aromatic nitrogens is 1. The second-order valence-electron chi connectivity index (χ2n) is 7.03. The van der Waals surface area contributed by atoms with Crippen LogP contribution in [0.5, 0.6) is 11.5 Å². The number of imide groups is 1. The summed E-state index contributed by atoms with van der Waals surface area (Å²) in [6, 6.07) is 13.7. The lowest BCUT2D eigenvalue weighted by Crippen LogP contribution is -2.32. The van der Waals surface area contributed by atoms with E-state index >= 15 is 0 Å². The fourth-order valence-corrected chi connectivity index (χ4v) is 6.61. The lowest BCUT2D eigenvalue weighted by Gasteiger charge is -2.30. The van der Waals surface area contributed by atoms with E-state index in [0.717, 1.165) is 16.2 Å². The number of rotatable bonds is 3. The lowest BCUT2D eigenvalue weighted by molar-refractivity contribution is -0.122. The zero-order valence-electron chi connectivity index (χ0n) is 15.7. The summed E-state index contributed by atoms with van der Waals surface area (Å²) in [6.45, 7) is 0. The maximum absolute atomic E-state index is 13.5. The first-order valence-electron chi connectivity index (χ1n) is 9.19. The molecule has 0 radical (unpaired) electrons. The molecule has 1 aromatic heterocycles. The van der Waals surface area contributed by atoms with Crippen molar-refractivity contribution in [2.75, 3.05) is 12.0 Å². The van der Waals surface area contributed by atoms with Crippen molar-refractivity contribution in [2.24, 2.45) is 5.92 Å². The highest BCUT2D eigenvalue weighted by Crippen LogP contribution is 2.53. The van der Waals surface area contributed by atoms with E-state index in [1.54, 1.807) is 36.4 Å². The monoisotopic (exact) mass is 440 g/mol. The Morgan fingerprint density at radius 3 is 2.57 bits per heavy atom. The number of H-pyrrole nitrogens is 1. The molecular weight excluding hydrogens is 424 g/mol. The van der Waals surface area contributed by atoms with Crippen molar-refractivity contribution in [1.82, 2.24) is 4.98 Å². The maximum atomic E-state index is 13.5. The van der Waals surface area contributed by atoms with Crippen LogP contribution in [0.15, 0.2) is 58.4 Å². The molecule has 3 atom stereocenters. The summed E-state index contributed by atoms with van der Waals surface area (Å²) in [4.78, 5) is 43.4. The Morgan fingerprint density at radius 1 is 1.07 bits per heavy atom. The van der Waals surface area contributed by atoms with Gasteiger partial charge in [0.2, 0.25) is 11.8 Å². The molecule has 0 spiro atoms. The van der Waals surface area contributed by atoms with Crippen molar-refractivity contribution < 1.29 is 19.4 Å². The zero-order valence-corrected chi connectivity index (χ0v) is 17.3. The molecule has 0 aliphatic carbocycles. The van der Waals surface area contributed by atoms with Crippen LogP contribution in [0.1, 0.15) is 16.4 Å². The van der Waals surface area contributed by atoms with Crippen molar-refractivity contribution in [3.63, 3.8) is 0 Å². The van der Waals surface area contributed by atoms with Crippen LogP contribution in [0.3, 0.4) is 0 Å². The first-order chi connectivity index (χ1) is 14.5. The Morgan fingerprint density at radius 2 is 1.83 bits per heavy atom. The van der Waals surface area contributed by atoms with Gasteiger partial charge in [0.05, 0.1) is 23.7 Å². The molecule has 9 heteroatoms. The van der Waals surface area contributed by atoms with Crippen LogP contribution in [-0.4, -0.2) is 34.3 Å². The molecule has 2 unspecified atom stereocenters. The number of hydrogen-bond donors (Lipinski definition) is 2. The van der Waals surface area contributed by atoms with Crippen molar-refractivity contribution in [3.8, 4) is 11.5 Å². The summed E-state index contributed by atoms with van der Waals surface area (Å²) in [5.41, 5.74) is 1.23. The number of aromatic amines is 1. The molecule has 2 amide bonds. The number of amides is 2. The van der Waals surface area contributed by atoms with E-state index in [2.05, 4.69) is 4.98 Å². The van der Waals surface area contributed by atoms with Crippen LogP contribution in [0.25, 0.3) is 0 Å². The molecule has 2 aliphatic rings. The van der Waals surface area contributed by atoms with Gasteiger partial charge in [0.1, 0.15) is 5.25 Å². The highest BCUT2D eigenvalue weighted by molar-refractivity contribution is 8.00. The number of anilines is 1. The predicted molar refractivity (Wildman–Crippen MR) is 114 cm³/mol. The minimum atomic E-state index is -0.670. The van der Waals surface area contributed by atoms with Gasteiger partial charge in [0.15, 0.2) is 11.5 Å². The topological polar surface area (TPSA) is 99.7 Å². The minimum Gasteiger partial charge on any atom is -0.504 e. The molecule has 2 aromatic carbocycles. The van der Waals surface area contributed by atoms with Gasteiger partial charge in [-0.15, -0.1) is 0 Å². The number of carbonyl (C=O) groups is 2. The first-order valence-corrected chi connectivity index (χ1v) is 10.9. The van der Waals surface area contributed by atoms with Gasteiger partial charge in [0, 0.05) is 10.8 Å². The molecule has 3 heterocycles. The summed E-state index contributed by atoms with van der Waals surface area (Å²) < 4.78 is 5.24. The Labute approximate surface area is 179 Å². The molecule has 0 bridgehead atoms. The standard InChI is InChI=1S/C21H16N2O5S2/c1-28-13-9-10(7-8-12(13)24)14-15-17(29-18-16(14)30-21(27)22-18)20(26)23(19(15)25)11-5-3-2-4-6-11/h2-9,14-15,17,24H,1H3,(H,22,27)/t14-,15?,17?/m1/s1. The highest BCUT2D eigenvalue weighted by Gasteiger charge is 2.56. The van der Waals surface area contributed by atoms with Crippen LogP contribution >= 0.6 is 23.1 Å². The van der Waals surface area contributed by atoms with Crippen LogP contribution in [-0.2, 0) is 9.59 Å². The largest absolute Gasteiger partial charge is 0.504 e. The normalized spacial score (nSPS) is 22.7. The van der Waals surface area contributed by atoms with Crippen LogP contribution in [0.4, 0.5) is 5.69 Å². The minimum absolute atomic E-state index is 0.0230. The summed E-state index contributed by atoms with van der Waals surface area (Å²) in [5, 5.41) is 9.95. The molecule has 0 saturated carbocycles. The molecule has 3 aromatic rings. The van der Waals surface area contributed by atoms with Gasteiger partial charge in [-0.2, -0.15) is 0 Å². The van der Waals surface area contributed by atoms with Crippen LogP contribution in [0.2, 0.25) is 0 Å². The molecule has 1 fully saturated rings. The number of methoxy groups -OCH3 is 1. The van der Waals surface area contributed by atoms with E-state index < -0.39 is 17.1 Å². The third kappa shape index (κ3) is 2.77. The Hall–Kier alpha value is -3.04. The van der Waals surface area contributed by atoms with E-state index in [1.165, 1.54) is 29.8 Å². The number of para-hydroxylation sites is 1. The van der Waals surface area contributed by atoms with E-state index in [9.17, 15) is 19.5 Å². The Kier molecular flexibility index (Phi) is 4.44. The van der Waals surface area contributed by atoms with Gasteiger partial charge in [-0.05, 0) is 29.8 Å². The summed E-state index contributed by atoms with van der Waals surface area (Å²) in [7, 11) is 1.44. The number of nitrogens with zero attached hydrogens (tertiary/aromatic N) is 1. The van der Waals surface area contributed by atoms with Gasteiger partial charge in [0.25, 0.3) is 0 Å². The van der Waals surface area contributed by atoms with Crippen molar-refractivity contribution in [1.29, 1.82) is 0 Å². The second kappa shape index (κ2) is 7.03. The van der Waals surface area contributed by atoms with Crippen LogP contribution in [0, 0.1) is 5.92 Å². The molecule has 7 nitrogen and oxygen atoms in total. The first kappa shape index (κ1) is 19.0. The average molecular weight is 441 g/mol. The second-order valence-corrected chi connectivity index (χ2v) is 9.20. The number of aromatic hydroxyl groups is 1. The molecular formula is C21H16N2O5S2. The van der Waals surface area contributed by atoms with Crippen molar-refractivity contribution >= 4 is 40.6 Å². The Bertz CT molecular complexity index is 1220. The highest BCUT2D eigenvalue weighted by atomic mass is 32.2. The van der Waals surface area contributed by atoms with Gasteiger partial charge in [-0.3, -0.25) is 14.4 Å². The number of thioether (sulfide) groups is 1. The zero-order chi connectivity index (χ0) is 21.0. The van der Waals surface area contributed by atoms with E-state index in [0.29, 0.717) is 16.3 Å². The van der Waals surface area contributed by atoms with E-state index in [1.807, 2.05) is 6.07 Å². The number of benzene rings is 2. The number of thiazole rings is 1. The maximum Gasteiger partial charge on any atom is 0.305 e. The summed E-state index contributed by atoms with van der Waals surface area (Å²) in [6.07, 6.45) is 0. The van der Waals surface area contributed by atoms with Crippen LogP contribution < -0.4 is 14.5 Å². The Balaban J connectivity index is 1.67. The lowest BCUT2D eigenvalue weighted by atomic mass is 9.83. The number of phenolic OH excluding ortho intramolecular Hbond substituents is 1. The number of phenols is 1. The SMILES string of the molecule is COc1cc([C@H]2c3sc(=O)[nH]c3SC3C(=O)N(c4ccccc4)C(=O)C32)ccc1O. The number of carbonyl (C=O) groups excluding carboxylic acids is 2. The third-order valence-corrected chi connectivity index (χ3v) is 7.80. The number of ether oxygens (including phenoxy) is 1. The fourth-order valence-electron chi connectivity index (χ4n) is 4.10. The fraction of sp³-hybridized carbons (Fsp3) is 0.190. The molecule has 152 valence electrons. The smallest absolute Gasteiger partial charge is 0.305 e. The van der Waals surface area contributed by atoms with Gasteiger partial charge in [-0.25, -0.2) is 4.90 Å². The van der Waals surface area contributed by atoms with Crippen molar-refractivity contribution in [2.45, 2.75) is 16.2 Å².